The third-order valence-corrected chi connectivity index (χ3v) is 7.32. The van der Waals surface area contributed by atoms with Gasteiger partial charge in [-0.25, -0.2) is 13.8 Å². The molecule has 0 radical (unpaired) electrons. The summed E-state index contributed by atoms with van der Waals surface area (Å²) in [5.41, 5.74) is 4.44. The highest BCUT2D eigenvalue weighted by molar-refractivity contribution is 7.98. The van der Waals surface area contributed by atoms with Crippen LogP contribution in [-0.2, 0) is 14.8 Å². The summed E-state index contributed by atoms with van der Waals surface area (Å²) in [5.74, 6) is 0.0269. The summed E-state index contributed by atoms with van der Waals surface area (Å²) in [4.78, 5) is 13.7. The average molecular weight is 484 g/mol. The molecule has 33 heavy (non-hydrogen) atoms. The number of anilines is 1. The van der Waals surface area contributed by atoms with Gasteiger partial charge in [-0.2, -0.15) is 5.10 Å². The Bertz CT molecular complexity index is 1230. The van der Waals surface area contributed by atoms with Crippen molar-refractivity contribution in [2.75, 3.05) is 24.2 Å². The molecule has 0 aromatic heterocycles. The third-order valence-electron chi connectivity index (χ3n) is 4.79. The predicted molar refractivity (Wildman–Crippen MR) is 133 cm³/mol. The van der Waals surface area contributed by atoms with E-state index in [0.717, 1.165) is 14.8 Å². The van der Waals surface area contributed by atoms with Crippen molar-refractivity contribution in [3.63, 3.8) is 0 Å². The Kier molecular flexibility index (Phi) is 8.13. The van der Waals surface area contributed by atoms with Crippen molar-refractivity contribution in [1.82, 2.24) is 5.43 Å². The number of aryl methyl sites for hydroxylation is 1. The number of methoxy groups -OCH3 is 1. The van der Waals surface area contributed by atoms with Gasteiger partial charge in [0.05, 0.1) is 23.9 Å². The number of hydrogen-bond acceptors (Lipinski definition) is 6. The minimum absolute atomic E-state index is 0.103. The first-order chi connectivity index (χ1) is 15.8. The van der Waals surface area contributed by atoms with E-state index in [1.807, 2.05) is 25.3 Å². The second kappa shape index (κ2) is 11.0. The molecule has 0 atom stereocenters. The van der Waals surface area contributed by atoms with Gasteiger partial charge in [-0.1, -0.05) is 29.8 Å². The van der Waals surface area contributed by atoms with E-state index in [9.17, 15) is 13.2 Å². The number of nitrogens with zero attached hydrogens (tertiary/aromatic N) is 2. The number of thioether (sulfide) groups is 1. The average Bonchev–Trinajstić information content (AvgIpc) is 2.83. The maximum atomic E-state index is 13.4. The Balaban J connectivity index is 1.84. The van der Waals surface area contributed by atoms with Crippen LogP contribution in [0.3, 0.4) is 0 Å². The molecule has 1 N–H and O–H groups in total. The fraction of sp³-hybridized carbons (Fsp3) is 0.167. The van der Waals surface area contributed by atoms with Gasteiger partial charge in [-0.05, 0) is 61.7 Å². The third kappa shape index (κ3) is 6.15. The standard InChI is InChI=1S/C24H25N3O4S2/c1-18-8-10-20(11-9-18)27(33(29,30)22-14-12-21(32-3)13-15-22)17-24(28)26-25-16-19-6-4-5-7-23(19)31-2/h4-16H,17H2,1-3H3,(H,26,28)/b25-16-. The lowest BCUT2D eigenvalue weighted by molar-refractivity contribution is -0.119. The molecule has 1 amide bonds. The van der Waals surface area contributed by atoms with Gasteiger partial charge in [0.15, 0.2) is 0 Å². The number of hydrazone groups is 1. The Labute approximate surface area is 198 Å². The summed E-state index contributed by atoms with van der Waals surface area (Å²) in [6.07, 6.45) is 3.36. The number of carbonyl (C=O) groups is 1. The second-order valence-corrected chi connectivity index (χ2v) is 9.80. The van der Waals surface area contributed by atoms with Crippen LogP contribution >= 0.6 is 11.8 Å². The molecule has 0 aliphatic carbocycles. The molecule has 0 unspecified atom stereocenters. The number of nitrogens with one attached hydrogen (secondary N) is 1. The summed E-state index contributed by atoms with van der Waals surface area (Å²) in [6, 6.07) is 20.7. The number of benzene rings is 3. The fourth-order valence-corrected chi connectivity index (χ4v) is 4.84. The lowest BCUT2D eigenvalue weighted by atomic mass is 10.2. The number of carbonyl (C=O) groups excluding carboxylic acids is 1. The number of para-hydroxylation sites is 1. The van der Waals surface area contributed by atoms with Crippen molar-refractivity contribution in [2.45, 2.75) is 16.7 Å². The van der Waals surface area contributed by atoms with Gasteiger partial charge < -0.3 is 4.74 Å². The largest absolute Gasteiger partial charge is 0.496 e. The van der Waals surface area contributed by atoms with E-state index < -0.39 is 22.5 Å². The lowest BCUT2D eigenvalue weighted by Gasteiger charge is -2.24. The lowest BCUT2D eigenvalue weighted by Crippen LogP contribution is -2.39. The summed E-state index contributed by atoms with van der Waals surface area (Å²) < 4.78 is 33.2. The van der Waals surface area contributed by atoms with Crippen molar-refractivity contribution in [2.24, 2.45) is 5.10 Å². The predicted octanol–water partition coefficient (Wildman–Crippen LogP) is 4.07. The van der Waals surface area contributed by atoms with Crippen LogP contribution in [0.4, 0.5) is 5.69 Å². The van der Waals surface area contributed by atoms with E-state index in [1.165, 1.54) is 18.0 Å². The number of rotatable bonds is 9. The number of amides is 1. The molecule has 3 aromatic carbocycles. The van der Waals surface area contributed by atoms with Crippen molar-refractivity contribution >= 4 is 39.6 Å². The molecule has 0 saturated carbocycles. The van der Waals surface area contributed by atoms with Gasteiger partial charge in [0.1, 0.15) is 12.3 Å². The van der Waals surface area contributed by atoms with E-state index in [1.54, 1.807) is 67.8 Å². The molecule has 0 fully saturated rings. The molecule has 9 heteroatoms. The Hall–Kier alpha value is -3.30. The normalized spacial score (nSPS) is 11.4. The van der Waals surface area contributed by atoms with E-state index in [-0.39, 0.29) is 4.90 Å². The van der Waals surface area contributed by atoms with Crippen LogP contribution in [0.5, 0.6) is 5.75 Å². The Morgan fingerprint density at radius 3 is 2.36 bits per heavy atom. The Morgan fingerprint density at radius 1 is 1.06 bits per heavy atom. The number of ether oxygens (including phenoxy) is 1. The monoisotopic (exact) mass is 483 g/mol. The molecule has 172 valence electrons. The minimum atomic E-state index is -3.98. The van der Waals surface area contributed by atoms with Gasteiger partial charge in [0.25, 0.3) is 15.9 Å². The molecule has 7 nitrogen and oxygen atoms in total. The maximum absolute atomic E-state index is 13.4. The summed E-state index contributed by atoms with van der Waals surface area (Å²) in [5, 5.41) is 3.96. The first-order valence-corrected chi connectivity index (χ1v) is 12.7. The van der Waals surface area contributed by atoms with Gasteiger partial charge in [0.2, 0.25) is 0 Å². The molecule has 0 aliphatic rings. The highest BCUT2D eigenvalue weighted by Gasteiger charge is 2.27. The van der Waals surface area contributed by atoms with Gasteiger partial charge in [0, 0.05) is 10.5 Å². The Morgan fingerprint density at radius 2 is 1.73 bits per heavy atom. The van der Waals surface area contributed by atoms with Crippen molar-refractivity contribution in [3.8, 4) is 5.75 Å². The highest BCUT2D eigenvalue weighted by Crippen LogP contribution is 2.25. The topological polar surface area (TPSA) is 88.1 Å². The minimum Gasteiger partial charge on any atom is -0.496 e. The molecule has 0 heterocycles. The van der Waals surface area contributed by atoms with Gasteiger partial charge >= 0.3 is 0 Å². The maximum Gasteiger partial charge on any atom is 0.264 e. The van der Waals surface area contributed by atoms with E-state index in [2.05, 4.69) is 10.5 Å². The van der Waals surface area contributed by atoms with Gasteiger partial charge in [-0.15, -0.1) is 11.8 Å². The van der Waals surface area contributed by atoms with Gasteiger partial charge in [-0.3, -0.25) is 9.10 Å². The van der Waals surface area contributed by atoms with Crippen LogP contribution < -0.4 is 14.5 Å². The number of hydrogen-bond donors (Lipinski definition) is 1. The zero-order valence-corrected chi connectivity index (χ0v) is 20.2. The first kappa shape index (κ1) is 24.3. The van der Waals surface area contributed by atoms with Crippen molar-refractivity contribution in [3.05, 3.63) is 83.9 Å². The van der Waals surface area contributed by atoms with Crippen LogP contribution in [0, 0.1) is 6.92 Å². The second-order valence-electron chi connectivity index (χ2n) is 7.06. The molecule has 0 bridgehead atoms. The zero-order valence-electron chi connectivity index (χ0n) is 18.6. The molecule has 3 aromatic rings. The van der Waals surface area contributed by atoms with E-state index in [0.29, 0.717) is 17.0 Å². The van der Waals surface area contributed by atoms with E-state index in [4.69, 9.17) is 4.74 Å². The van der Waals surface area contributed by atoms with Crippen LogP contribution in [0.15, 0.2) is 87.7 Å². The molecule has 0 aliphatic heterocycles. The van der Waals surface area contributed by atoms with Crippen LogP contribution in [0.1, 0.15) is 11.1 Å². The summed E-state index contributed by atoms with van der Waals surface area (Å²) >= 11 is 1.52. The zero-order chi connectivity index (χ0) is 23.8. The summed E-state index contributed by atoms with van der Waals surface area (Å²) in [7, 11) is -2.44. The fourth-order valence-electron chi connectivity index (χ4n) is 3.01. The SMILES string of the molecule is COc1ccccc1/C=N\NC(=O)CN(c1ccc(C)cc1)S(=O)(=O)c1ccc(SC)cc1. The summed E-state index contributed by atoms with van der Waals surface area (Å²) in [6.45, 7) is 1.47. The molecular weight excluding hydrogens is 458 g/mol. The van der Waals surface area contributed by atoms with Crippen LogP contribution in [0.2, 0.25) is 0 Å². The molecular formula is C24H25N3O4S2. The first-order valence-electron chi connectivity index (χ1n) is 10.0. The molecule has 0 saturated heterocycles. The number of sulfonamides is 1. The van der Waals surface area contributed by atoms with Crippen molar-refractivity contribution in [1.29, 1.82) is 0 Å². The van der Waals surface area contributed by atoms with Crippen LogP contribution in [0.25, 0.3) is 0 Å². The van der Waals surface area contributed by atoms with Crippen LogP contribution in [-0.4, -0.2) is 40.4 Å². The smallest absolute Gasteiger partial charge is 0.264 e. The quantitative estimate of drug-likeness (QED) is 0.282. The van der Waals surface area contributed by atoms with Crippen molar-refractivity contribution < 1.29 is 17.9 Å². The molecule has 3 rings (SSSR count). The molecule has 0 spiro atoms. The van der Waals surface area contributed by atoms with E-state index >= 15 is 0 Å². The highest BCUT2D eigenvalue weighted by atomic mass is 32.2.